The number of hydrogen-bond acceptors (Lipinski definition) is 3. The number of halogens is 1. The minimum Gasteiger partial charge on any atom is -0.319 e. The van der Waals surface area contributed by atoms with Crippen molar-refractivity contribution >= 4 is 39.2 Å². The van der Waals surface area contributed by atoms with E-state index >= 15 is 0 Å². The number of nitrogens with zero attached hydrogens (tertiary/aromatic N) is 4. The molecule has 0 atom stereocenters. The second-order valence-electron chi connectivity index (χ2n) is 5.48. The van der Waals surface area contributed by atoms with Crippen molar-refractivity contribution in [2.45, 2.75) is 13.5 Å². The number of rotatable bonds is 3. The molecule has 0 radical (unpaired) electrons. The van der Waals surface area contributed by atoms with Crippen molar-refractivity contribution in [3.8, 4) is 0 Å². The largest absolute Gasteiger partial charge is 0.332 e. The Hall–Kier alpha value is -2.41. The van der Waals surface area contributed by atoms with Crippen LogP contribution in [0.4, 0.5) is 0 Å². The average molecular weight is 389 g/mol. The van der Waals surface area contributed by atoms with Crippen molar-refractivity contribution in [1.29, 1.82) is 0 Å². The lowest BCUT2D eigenvalue weighted by Crippen LogP contribution is -2.37. The first kappa shape index (κ1) is 16.4. The molecule has 6 nitrogen and oxygen atoms in total. The second-order valence-corrected chi connectivity index (χ2v) is 6.40. The van der Waals surface area contributed by atoms with Gasteiger partial charge in [0, 0.05) is 25.1 Å². The number of aryl methyl sites for hydroxylation is 2. The minimum absolute atomic E-state index is 0.329. The number of imidazole rings is 1. The lowest BCUT2D eigenvalue weighted by atomic mass is 10.2. The predicted molar refractivity (Wildman–Crippen MR) is 99.0 cm³/mol. The summed E-state index contributed by atoms with van der Waals surface area (Å²) in [7, 11) is 3.10. The molecule has 3 aromatic rings. The van der Waals surface area contributed by atoms with Gasteiger partial charge < -0.3 is 4.57 Å². The van der Waals surface area contributed by atoms with Gasteiger partial charge >= 0.3 is 5.69 Å². The Labute approximate surface area is 146 Å². The van der Waals surface area contributed by atoms with Crippen LogP contribution in [0.1, 0.15) is 18.3 Å². The lowest BCUT2D eigenvalue weighted by molar-refractivity contribution is 0.699. The van der Waals surface area contributed by atoms with Gasteiger partial charge in [0.1, 0.15) is 5.82 Å². The van der Waals surface area contributed by atoms with E-state index < -0.39 is 0 Å². The molecule has 0 saturated carbocycles. The average Bonchev–Trinajstić information content (AvgIpc) is 2.95. The molecule has 7 heteroatoms. The first-order valence-corrected chi connectivity index (χ1v) is 8.33. The standard InChI is InChI=1S/C17H17BrN4O2/c1-4-22-13(9-8-11-6-5-7-12(18)10-11)19-15-14(22)16(23)21(3)17(24)20(15)2/h5-10H,4H2,1-3H3/b9-8+. The molecule has 0 saturated heterocycles. The Balaban J connectivity index is 2.23. The van der Waals surface area contributed by atoms with Crippen molar-refractivity contribution in [3.63, 3.8) is 0 Å². The van der Waals surface area contributed by atoms with Crippen LogP contribution in [0.5, 0.6) is 0 Å². The maximum Gasteiger partial charge on any atom is 0.332 e. The van der Waals surface area contributed by atoms with Gasteiger partial charge in [0.2, 0.25) is 0 Å². The molecule has 3 rings (SSSR count). The van der Waals surface area contributed by atoms with Crippen LogP contribution >= 0.6 is 15.9 Å². The van der Waals surface area contributed by atoms with E-state index in [1.54, 1.807) is 7.05 Å². The summed E-state index contributed by atoms with van der Waals surface area (Å²) >= 11 is 3.44. The third-order valence-electron chi connectivity index (χ3n) is 3.97. The van der Waals surface area contributed by atoms with Gasteiger partial charge in [-0.1, -0.05) is 34.1 Å². The van der Waals surface area contributed by atoms with E-state index in [0.29, 0.717) is 23.5 Å². The summed E-state index contributed by atoms with van der Waals surface area (Å²) < 4.78 is 5.33. The quantitative estimate of drug-likeness (QED) is 0.691. The predicted octanol–water partition coefficient (Wildman–Crippen LogP) is 2.39. The fourth-order valence-electron chi connectivity index (χ4n) is 2.69. The summed E-state index contributed by atoms with van der Waals surface area (Å²) in [6.45, 7) is 2.53. The van der Waals surface area contributed by atoms with Crippen LogP contribution in [-0.4, -0.2) is 18.7 Å². The zero-order valence-electron chi connectivity index (χ0n) is 13.7. The molecule has 24 heavy (non-hydrogen) atoms. The van der Waals surface area contributed by atoms with Crippen molar-refractivity contribution < 1.29 is 0 Å². The van der Waals surface area contributed by atoms with Gasteiger partial charge in [-0.15, -0.1) is 0 Å². The molecule has 0 amide bonds. The van der Waals surface area contributed by atoms with E-state index in [-0.39, 0.29) is 11.2 Å². The van der Waals surface area contributed by atoms with Crippen molar-refractivity contribution in [1.82, 2.24) is 18.7 Å². The van der Waals surface area contributed by atoms with Crippen LogP contribution in [0, 0.1) is 0 Å². The Kier molecular flexibility index (Phi) is 4.28. The smallest absolute Gasteiger partial charge is 0.319 e. The van der Waals surface area contributed by atoms with E-state index in [2.05, 4.69) is 20.9 Å². The van der Waals surface area contributed by atoms with Crippen LogP contribution in [-0.2, 0) is 20.6 Å². The Morgan fingerprint density at radius 1 is 1.17 bits per heavy atom. The maximum atomic E-state index is 12.5. The summed E-state index contributed by atoms with van der Waals surface area (Å²) in [5.74, 6) is 0.644. The molecule has 0 N–H and O–H groups in total. The van der Waals surface area contributed by atoms with Gasteiger partial charge in [-0.25, -0.2) is 9.78 Å². The molecule has 2 aromatic heterocycles. The molecule has 0 unspecified atom stereocenters. The SMILES string of the molecule is CCn1c(/C=C/c2cccc(Br)c2)nc2c1c(=O)n(C)c(=O)n2C. The number of aromatic nitrogens is 4. The van der Waals surface area contributed by atoms with Gasteiger partial charge in [0.15, 0.2) is 11.2 Å². The topological polar surface area (TPSA) is 61.8 Å². The van der Waals surface area contributed by atoms with E-state index in [1.165, 1.54) is 11.6 Å². The highest BCUT2D eigenvalue weighted by Crippen LogP contribution is 2.16. The molecule has 0 aliphatic carbocycles. The van der Waals surface area contributed by atoms with Crippen LogP contribution in [0.3, 0.4) is 0 Å². The summed E-state index contributed by atoms with van der Waals surface area (Å²) in [6, 6.07) is 7.88. The maximum absolute atomic E-state index is 12.5. The molecular formula is C17H17BrN4O2. The third-order valence-corrected chi connectivity index (χ3v) is 4.46. The van der Waals surface area contributed by atoms with Gasteiger partial charge in [0.25, 0.3) is 5.56 Å². The Bertz CT molecular complexity index is 1070. The van der Waals surface area contributed by atoms with Gasteiger partial charge in [-0.2, -0.15) is 0 Å². The number of benzene rings is 1. The summed E-state index contributed by atoms with van der Waals surface area (Å²) in [5, 5.41) is 0. The fraction of sp³-hybridized carbons (Fsp3) is 0.235. The van der Waals surface area contributed by atoms with E-state index in [1.807, 2.05) is 47.9 Å². The molecule has 0 aliphatic heterocycles. The normalized spacial score (nSPS) is 11.7. The monoisotopic (exact) mass is 388 g/mol. The molecule has 0 spiro atoms. The van der Waals surface area contributed by atoms with Crippen LogP contribution in [0.15, 0.2) is 38.3 Å². The summed E-state index contributed by atoms with van der Waals surface area (Å²) in [6.07, 6.45) is 3.79. The van der Waals surface area contributed by atoms with E-state index in [4.69, 9.17) is 0 Å². The van der Waals surface area contributed by atoms with Crippen molar-refractivity contribution in [2.75, 3.05) is 0 Å². The van der Waals surface area contributed by atoms with Crippen molar-refractivity contribution in [3.05, 3.63) is 61.0 Å². The number of hydrogen-bond donors (Lipinski definition) is 0. The summed E-state index contributed by atoms with van der Waals surface area (Å²) in [5.41, 5.74) is 1.15. The zero-order valence-corrected chi connectivity index (χ0v) is 15.2. The first-order chi connectivity index (χ1) is 11.4. The first-order valence-electron chi connectivity index (χ1n) is 7.54. The molecule has 2 heterocycles. The molecule has 0 bridgehead atoms. The molecule has 124 valence electrons. The summed E-state index contributed by atoms with van der Waals surface area (Å²) in [4.78, 5) is 29.1. The van der Waals surface area contributed by atoms with Crippen molar-refractivity contribution in [2.24, 2.45) is 14.1 Å². The number of fused-ring (bicyclic) bond motifs is 1. The van der Waals surface area contributed by atoms with Gasteiger partial charge in [-0.3, -0.25) is 13.9 Å². The molecule has 0 aliphatic rings. The highest BCUT2D eigenvalue weighted by Gasteiger charge is 2.16. The highest BCUT2D eigenvalue weighted by molar-refractivity contribution is 9.10. The van der Waals surface area contributed by atoms with E-state index in [9.17, 15) is 9.59 Å². The third kappa shape index (κ3) is 2.65. The Morgan fingerprint density at radius 3 is 2.58 bits per heavy atom. The Morgan fingerprint density at radius 2 is 1.92 bits per heavy atom. The molecular weight excluding hydrogens is 372 g/mol. The van der Waals surface area contributed by atoms with Gasteiger partial charge in [-0.05, 0) is 30.7 Å². The fourth-order valence-corrected chi connectivity index (χ4v) is 3.11. The zero-order chi connectivity index (χ0) is 17.4. The minimum atomic E-state index is -0.379. The highest BCUT2D eigenvalue weighted by atomic mass is 79.9. The van der Waals surface area contributed by atoms with Crippen LogP contribution < -0.4 is 11.2 Å². The lowest BCUT2D eigenvalue weighted by Gasteiger charge is -2.05. The van der Waals surface area contributed by atoms with Gasteiger partial charge in [0.05, 0.1) is 0 Å². The van der Waals surface area contributed by atoms with E-state index in [0.717, 1.165) is 14.6 Å². The van der Waals surface area contributed by atoms with Crippen LogP contribution in [0.25, 0.3) is 23.3 Å². The second kappa shape index (κ2) is 6.24. The molecule has 0 fully saturated rings. The molecule has 1 aromatic carbocycles. The van der Waals surface area contributed by atoms with Crippen LogP contribution in [0.2, 0.25) is 0 Å².